The summed E-state index contributed by atoms with van der Waals surface area (Å²) in [5.74, 6) is -0.169. The smallest absolute Gasteiger partial charge is 0.150 e. The summed E-state index contributed by atoms with van der Waals surface area (Å²) in [5.41, 5.74) is 0. The Hall–Kier alpha value is -0.600. The molecule has 76 valence electrons. The Labute approximate surface area is 79.1 Å². The maximum absolute atomic E-state index is 11.0. The molecule has 0 aliphatic rings. The summed E-state index contributed by atoms with van der Waals surface area (Å²) in [6, 6.07) is 1.91. The highest BCUT2D eigenvalue weighted by atomic mass is 32.2. The normalized spacial score (nSPS) is 13.6. The second-order valence-electron chi connectivity index (χ2n) is 2.89. The van der Waals surface area contributed by atoms with E-state index in [1.165, 1.54) is 0 Å². The molecule has 0 aromatic heterocycles. The zero-order valence-electron chi connectivity index (χ0n) is 7.73. The van der Waals surface area contributed by atoms with E-state index in [-0.39, 0.29) is 18.1 Å². The van der Waals surface area contributed by atoms with E-state index in [0.717, 1.165) is 0 Å². The van der Waals surface area contributed by atoms with Gasteiger partial charge in [0.15, 0.2) is 0 Å². The molecule has 1 N–H and O–H groups in total. The molecule has 0 fully saturated rings. The summed E-state index contributed by atoms with van der Waals surface area (Å²) in [7, 11) is -2.92. The van der Waals surface area contributed by atoms with E-state index in [4.69, 9.17) is 10.4 Å². The molecule has 0 aliphatic carbocycles. The predicted molar refractivity (Wildman–Crippen MR) is 49.8 cm³/mol. The van der Waals surface area contributed by atoms with Gasteiger partial charge in [-0.2, -0.15) is 5.26 Å². The lowest BCUT2D eigenvalue weighted by Crippen LogP contribution is -2.11. The molecule has 0 saturated carbocycles. The number of aliphatic hydroxyl groups is 1. The standard InChI is InChI=1S/C8H15NO3S/c1-2-13(11,12)5-3-4-8(6-9)7-10/h8,10H,2-5,7H2,1H3. The van der Waals surface area contributed by atoms with Gasteiger partial charge in [-0.25, -0.2) is 8.42 Å². The zero-order valence-corrected chi connectivity index (χ0v) is 8.55. The van der Waals surface area contributed by atoms with E-state index in [9.17, 15) is 8.42 Å². The van der Waals surface area contributed by atoms with Gasteiger partial charge < -0.3 is 5.11 Å². The summed E-state index contributed by atoms with van der Waals surface area (Å²) < 4.78 is 22.0. The molecule has 0 aromatic carbocycles. The number of sulfone groups is 1. The van der Waals surface area contributed by atoms with Crippen LogP contribution in [0, 0.1) is 17.2 Å². The van der Waals surface area contributed by atoms with Crippen LogP contribution in [0.5, 0.6) is 0 Å². The van der Waals surface area contributed by atoms with Gasteiger partial charge in [0.05, 0.1) is 24.3 Å². The van der Waals surface area contributed by atoms with Gasteiger partial charge in [-0.15, -0.1) is 0 Å². The van der Waals surface area contributed by atoms with E-state index in [2.05, 4.69) is 0 Å². The van der Waals surface area contributed by atoms with Gasteiger partial charge in [0, 0.05) is 5.75 Å². The summed E-state index contributed by atoms with van der Waals surface area (Å²) >= 11 is 0. The Morgan fingerprint density at radius 2 is 2.15 bits per heavy atom. The molecule has 0 spiro atoms. The maximum Gasteiger partial charge on any atom is 0.150 e. The van der Waals surface area contributed by atoms with Crippen molar-refractivity contribution in [3.8, 4) is 6.07 Å². The van der Waals surface area contributed by atoms with Crippen LogP contribution in [0.15, 0.2) is 0 Å². The third-order valence-corrected chi connectivity index (χ3v) is 3.64. The Balaban J connectivity index is 3.75. The molecule has 4 nitrogen and oxygen atoms in total. The van der Waals surface area contributed by atoms with Crippen molar-refractivity contribution in [3.63, 3.8) is 0 Å². The van der Waals surface area contributed by atoms with Gasteiger partial charge in [-0.1, -0.05) is 6.92 Å². The molecular weight excluding hydrogens is 190 g/mol. The van der Waals surface area contributed by atoms with Crippen molar-refractivity contribution in [1.82, 2.24) is 0 Å². The molecular formula is C8H15NO3S. The van der Waals surface area contributed by atoms with Crippen LogP contribution in [0.4, 0.5) is 0 Å². The van der Waals surface area contributed by atoms with E-state index >= 15 is 0 Å². The Morgan fingerprint density at radius 3 is 2.54 bits per heavy atom. The second-order valence-corrected chi connectivity index (χ2v) is 5.36. The molecule has 0 rings (SSSR count). The van der Waals surface area contributed by atoms with Crippen molar-refractivity contribution in [2.24, 2.45) is 5.92 Å². The van der Waals surface area contributed by atoms with E-state index in [0.29, 0.717) is 12.8 Å². The maximum atomic E-state index is 11.0. The average molecular weight is 205 g/mol. The van der Waals surface area contributed by atoms with Crippen molar-refractivity contribution < 1.29 is 13.5 Å². The fraction of sp³-hybridized carbons (Fsp3) is 0.875. The number of hydrogen-bond acceptors (Lipinski definition) is 4. The SMILES string of the molecule is CCS(=O)(=O)CCCC(C#N)CO. The lowest BCUT2D eigenvalue weighted by molar-refractivity contribution is 0.249. The minimum absolute atomic E-state index is 0.113. The first-order chi connectivity index (χ1) is 6.05. The second kappa shape index (κ2) is 5.95. The molecule has 0 saturated heterocycles. The molecule has 0 bridgehead atoms. The van der Waals surface area contributed by atoms with Crippen LogP contribution in [0.2, 0.25) is 0 Å². The molecule has 0 aromatic rings. The zero-order chi connectivity index (χ0) is 10.3. The van der Waals surface area contributed by atoms with E-state index < -0.39 is 15.8 Å². The monoisotopic (exact) mass is 205 g/mol. The minimum atomic E-state index is -2.92. The van der Waals surface area contributed by atoms with Gasteiger partial charge in [-0.05, 0) is 12.8 Å². The van der Waals surface area contributed by atoms with E-state index in [1.54, 1.807) is 6.92 Å². The van der Waals surface area contributed by atoms with Crippen molar-refractivity contribution in [2.45, 2.75) is 19.8 Å². The van der Waals surface area contributed by atoms with Crippen LogP contribution in [0.25, 0.3) is 0 Å². The van der Waals surface area contributed by atoms with Crippen LogP contribution in [0.3, 0.4) is 0 Å². The minimum Gasteiger partial charge on any atom is -0.395 e. The third-order valence-electron chi connectivity index (χ3n) is 1.85. The average Bonchev–Trinajstić information content (AvgIpc) is 2.12. The van der Waals surface area contributed by atoms with Crippen LogP contribution in [-0.4, -0.2) is 31.6 Å². The van der Waals surface area contributed by atoms with Crippen molar-refractivity contribution in [3.05, 3.63) is 0 Å². The Morgan fingerprint density at radius 1 is 1.54 bits per heavy atom. The highest BCUT2D eigenvalue weighted by Crippen LogP contribution is 2.06. The third kappa shape index (κ3) is 5.61. The lowest BCUT2D eigenvalue weighted by atomic mass is 10.1. The summed E-state index contributed by atoms with van der Waals surface area (Å²) in [4.78, 5) is 0. The number of rotatable bonds is 6. The quantitative estimate of drug-likeness (QED) is 0.678. The van der Waals surface area contributed by atoms with Gasteiger partial charge in [0.25, 0.3) is 0 Å². The summed E-state index contributed by atoms with van der Waals surface area (Å²) in [6.07, 6.45) is 0.904. The van der Waals surface area contributed by atoms with Crippen LogP contribution in [-0.2, 0) is 9.84 Å². The largest absolute Gasteiger partial charge is 0.395 e. The summed E-state index contributed by atoms with van der Waals surface area (Å²) in [6.45, 7) is 1.41. The highest BCUT2D eigenvalue weighted by Gasteiger charge is 2.10. The van der Waals surface area contributed by atoms with Crippen LogP contribution >= 0.6 is 0 Å². The Kier molecular flexibility index (Phi) is 5.67. The molecule has 0 amide bonds. The fourth-order valence-corrected chi connectivity index (χ4v) is 1.79. The molecule has 1 unspecified atom stereocenters. The first kappa shape index (κ1) is 12.4. The van der Waals surface area contributed by atoms with Crippen molar-refractivity contribution in [2.75, 3.05) is 18.1 Å². The number of aliphatic hydroxyl groups excluding tert-OH is 1. The van der Waals surface area contributed by atoms with Crippen molar-refractivity contribution in [1.29, 1.82) is 5.26 Å². The first-order valence-corrected chi connectivity index (χ1v) is 6.08. The number of hydrogen-bond donors (Lipinski definition) is 1. The molecule has 5 heteroatoms. The molecule has 0 aliphatic heterocycles. The van der Waals surface area contributed by atoms with Gasteiger partial charge in [-0.3, -0.25) is 0 Å². The van der Waals surface area contributed by atoms with Crippen LogP contribution in [0.1, 0.15) is 19.8 Å². The number of nitriles is 1. The highest BCUT2D eigenvalue weighted by molar-refractivity contribution is 7.91. The predicted octanol–water partition coefficient (Wildman–Crippen LogP) is 0.333. The van der Waals surface area contributed by atoms with E-state index in [1.807, 2.05) is 6.07 Å². The van der Waals surface area contributed by atoms with Gasteiger partial charge >= 0.3 is 0 Å². The summed E-state index contributed by atoms with van der Waals surface area (Å²) in [5, 5.41) is 17.1. The topological polar surface area (TPSA) is 78.2 Å². The fourth-order valence-electron chi connectivity index (χ4n) is 0.891. The molecule has 0 radical (unpaired) electrons. The molecule has 1 atom stereocenters. The molecule has 0 heterocycles. The van der Waals surface area contributed by atoms with Crippen LogP contribution < -0.4 is 0 Å². The molecule has 13 heavy (non-hydrogen) atoms. The lowest BCUT2D eigenvalue weighted by Gasteiger charge is -2.04. The van der Waals surface area contributed by atoms with Gasteiger partial charge in [0.1, 0.15) is 9.84 Å². The Bertz CT molecular complexity index is 266. The van der Waals surface area contributed by atoms with Gasteiger partial charge in [0.2, 0.25) is 0 Å². The first-order valence-electron chi connectivity index (χ1n) is 4.26. The number of nitrogens with zero attached hydrogens (tertiary/aromatic N) is 1. The van der Waals surface area contributed by atoms with Crippen molar-refractivity contribution >= 4 is 9.84 Å².